The third kappa shape index (κ3) is 3.35. The highest BCUT2D eigenvalue weighted by Crippen LogP contribution is 2.34. The Balaban J connectivity index is 2.43. The van der Waals surface area contributed by atoms with Crippen LogP contribution in [0.3, 0.4) is 0 Å². The number of Topliss-reactive ketones (excluding diaryl/α,β-unsaturated/α-hetero) is 2. The standard InChI is InChI=1S/C16H18ClFN2O2/c1-8(2)4-5-19-16-13(9(3)21)15(22)11-6-10(18)7-12(17)14(11)20-16/h6-8,13H,4-5H2,1-3H3,(H,19,20). The molecule has 1 unspecified atom stereocenters. The van der Waals surface area contributed by atoms with Crippen LogP contribution in [-0.2, 0) is 4.79 Å². The van der Waals surface area contributed by atoms with Gasteiger partial charge < -0.3 is 5.32 Å². The molecule has 1 aromatic rings. The van der Waals surface area contributed by atoms with E-state index in [1.54, 1.807) is 0 Å². The first-order valence-electron chi connectivity index (χ1n) is 7.16. The molecule has 118 valence electrons. The van der Waals surface area contributed by atoms with Crippen LogP contribution < -0.4 is 5.32 Å². The summed E-state index contributed by atoms with van der Waals surface area (Å²) < 4.78 is 13.5. The predicted octanol–water partition coefficient (Wildman–Crippen LogP) is 3.74. The largest absolute Gasteiger partial charge is 0.341 e. The molecule has 1 aliphatic heterocycles. The topological polar surface area (TPSA) is 58.5 Å². The van der Waals surface area contributed by atoms with Crippen LogP contribution in [0.25, 0.3) is 0 Å². The molecule has 1 heterocycles. The Kier molecular flexibility index (Phi) is 4.96. The molecule has 0 bridgehead atoms. The molecule has 0 radical (unpaired) electrons. The number of rotatable bonds is 4. The van der Waals surface area contributed by atoms with E-state index >= 15 is 0 Å². The van der Waals surface area contributed by atoms with E-state index < -0.39 is 17.5 Å². The average Bonchev–Trinajstić information content (AvgIpc) is 2.39. The fourth-order valence-corrected chi connectivity index (χ4v) is 2.58. The molecule has 22 heavy (non-hydrogen) atoms. The van der Waals surface area contributed by atoms with Gasteiger partial charge in [-0.1, -0.05) is 25.4 Å². The minimum absolute atomic E-state index is 0.0907. The van der Waals surface area contributed by atoms with Gasteiger partial charge in [0.1, 0.15) is 23.4 Å². The highest BCUT2D eigenvalue weighted by Gasteiger charge is 2.37. The van der Waals surface area contributed by atoms with Crippen LogP contribution in [0, 0.1) is 17.7 Å². The van der Waals surface area contributed by atoms with Crippen molar-refractivity contribution in [2.75, 3.05) is 11.9 Å². The van der Waals surface area contributed by atoms with Gasteiger partial charge in [0.25, 0.3) is 0 Å². The summed E-state index contributed by atoms with van der Waals surface area (Å²) in [6, 6.07) is 2.22. The fraction of sp³-hybridized carbons (Fsp3) is 0.438. The fourth-order valence-electron chi connectivity index (χ4n) is 2.33. The number of amidine groups is 1. The maximum Gasteiger partial charge on any atom is 0.183 e. The first-order chi connectivity index (χ1) is 10.3. The van der Waals surface area contributed by atoms with E-state index in [2.05, 4.69) is 24.2 Å². The van der Waals surface area contributed by atoms with Crippen molar-refractivity contribution >= 4 is 34.7 Å². The Morgan fingerprint density at radius 3 is 2.73 bits per heavy atom. The molecular formula is C16H18ClFN2O2. The molecule has 6 heteroatoms. The van der Waals surface area contributed by atoms with E-state index in [9.17, 15) is 14.0 Å². The van der Waals surface area contributed by atoms with Gasteiger partial charge in [0.15, 0.2) is 5.78 Å². The summed E-state index contributed by atoms with van der Waals surface area (Å²) in [6.07, 6.45) is 0.841. The second-order valence-electron chi connectivity index (χ2n) is 5.79. The lowest BCUT2D eigenvalue weighted by atomic mass is 9.88. The predicted molar refractivity (Wildman–Crippen MR) is 85.3 cm³/mol. The quantitative estimate of drug-likeness (QED) is 0.858. The van der Waals surface area contributed by atoms with E-state index in [4.69, 9.17) is 11.6 Å². The summed E-state index contributed by atoms with van der Waals surface area (Å²) in [5.41, 5.74) is 0.405. The summed E-state index contributed by atoms with van der Waals surface area (Å²) in [7, 11) is 0. The number of carbonyl (C=O) groups excluding carboxylic acids is 2. The number of aliphatic imine (C=N–C) groups is 1. The monoisotopic (exact) mass is 324 g/mol. The molecule has 1 aliphatic rings. The number of hydrogen-bond acceptors (Lipinski definition) is 3. The Morgan fingerprint density at radius 1 is 1.45 bits per heavy atom. The van der Waals surface area contributed by atoms with Gasteiger partial charge in [-0.25, -0.2) is 4.39 Å². The summed E-state index contributed by atoms with van der Waals surface area (Å²) >= 11 is 6.00. The maximum absolute atomic E-state index is 13.5. The minimum atomic E-state index is -1.02. The van der Waals surface area contributed by atoms with E-state index in [-0.39, 0.29) is 16.4 Å². The van der Waals surface area contributed by atoms with Gasteiger partial charge in [-0.15, -0.1) is 0 Å². The van der Waals surface area contributed by atoms with Crippen molar-refractivity contribution in [3.05, 3.63) is 28.5 Å². The third-order valence-electron chi connectivity index (χ3n) is 3.50. The Bertz CT molecular complexity index is 656. The zero-order valence-corrected chi connectivity index (χ0v) is 13.5. The lowest BCUT2D eigenvalue weighted by Gasteiger charge is -2.26. The molecule has 0 spiro atoms. The van der Waals surface area contributed by atoms with Crippen LogP contribution in [0.2, 0.25) is 5.02 Å². The number of nitrogens with one attached hydrogen (secondary N) is 1. The SMILES string of the molecule is CC(=O)C1C(=O)c2cc(F)cc(Cl)c2NC1=NCCC(C)C. The minimum Gasteiger partial charge on any atom is -0.341 e. The van der Waals surface area contributed by atoms with Crippen LogP contribution in [0.5, 0.6) is 0 Å². The van der Waals surface area contributed by atoms with Gasteiger partial charge in [0.05, 0.1) is 10.7 Å². The summed E-state index contributed by atoms with van der Waals surface area (Å²) in [6.45, 7) is 5.97. The zero-order valence-electron chi connectivity index (χ0n) is 12.7. The number of halogens is 2. The first kappa shape index (κ1) is 16.6. The molecule has 0 fully saturated rings. The Morgan fingerprint density at radius 2 is 2.14 bits per heavy atom. The Hall–Kier alpha value is -1.75. The van der Waals surface area contributed by atoms with Gasteiger partial charge in [-0.05, 0) is 31.4 Å². The lowest BCUT2D eigenvalue weighted by Crippen LogP contribution is -2.40. The van der Waals surface area contributed by atoms with Crippen LogP contribution in [0.4, 0.5) is 10.1 Å². The van der Waals surface area contributed by atoms with Crippen molar-refractivity contribution in [1.82, 2.24) is 0 Å². The highest BCUT2D eigenvalue weighted by atomic mass is 35.5. The van der Waals surface area contributed by atoms with Gasteiger partial charge >= 0.3 is 0 Å². The second-order valence-corrected chi connectivity index (χ2v) is 6.20. The average molecular weight is 325 g/mol. The van der Waals surface area contributed by atoms with Crippen LogP contribution >= 0.6 is 11.6 Å². The van der Waals surface area contributed by atoms with Crippen LogP contribution in [-0.4, -0.2) is 23.9 Å². The summed E-state index contributed by atoms with van der Waals surface area (Å²) in [5, 5.41) is 3.04. The Labute approximate surface area is 133 Å². The number of nitrogens with zero attached hydrogens (tertiary/aromatic N) is 1. The van der Waals surface area contributed by atoms with E-state index in [1.807, 2.05) is 0 Å². The summed E-state index contributed by atoms with van der Waals surface area (Å²) in [4.78, 5) is 28.7. The lowest BCUT2D eigenvalue weighted by molar-refractivity contribution is -0.117. The van der Waals surface area contributed by atoms with E-state index in [0.717, 1.165) is 18.6 Å². The second kappa shape index (κ2) is 6.57. The molecule has 1 N–H and O–H groups in total. The number of fused-ring (bicyclic) bond motifs is 1. The van der Waals surface area contributed by atoms with E-state index in [0.29, 0.717) is 24.0 Å². The molecule has 0 aliphatic carbocycles. The number of ketones is 2. The zero-order chi connectivity index (χ0) is 16.4. The van der Waals surface area contributed by atoms with Crippen molar-refractivity contribution in [2.24, 2.45) is 16.8 Å². The van der Waals surface area contributed by atoms with Crippen molar-refractivity contribution in [1.29, 1.82) is 0 Å². The summed E-state index contributed by atoms with van der Waals surface area (Å²) in [5.74, 6) is -1.67. The molecule has 0 amide bonds. The van der Waals surface area contributed by atoms with Crippen molar-refractivity contribution in [2.45, 2.75) is 27.2 Å². The van der Waals surface area contributed by atoms with Gasteiger partial charge in [-0.3, -0.25) is 14.6 Å². The number of hydrogen-bond donors (Lipinski definition) is 1. The maximum atomic E-state index is 13.5. The van der Waals surface area contributed by atoms with Gasteiger partial charge in [-0.2, -0.15) is 0 Å². The van der Waals surface area contributed by atoms with Crippen LogP contribution in [0.15, 0.2) is 17.1 Å². The molecule has 1 atom stereocenters. The first-order valence-corrected chi connectivity index (χ1v) is 7.54. The highest BCUT2D eigenvalue weighted by molar-refractivity contribution is 6.39. The smallest absolute Gasteiger partial charge is 0.183 e. The molecule has 2 rings (SSSR count). The van der Waals surface area contributed by atoms with E-state index in [1.165, 1.54) is 6.92 Å². The molecule has 4 nitrogen and oxygen atoms in total. The number of anilines is 1. The number of carbonyl (C=O) groups is 2. The molecular weight excluding hydrogens is 307 g/mol. The van der Waals surface area contributed by atoms with Crippen molar-refractivity contribution < 1.29 is 14.0 Å². The number of benzene rings is 1. The van der Waals surface area contributed by atoms with Gasteiger partial charge in [0.2, 0.25) is 0 Å². The third-order valence-corrected chi connectivity index (χ3v) is 3.80. The molecule has 0 saturated carbocycles. The van der Waals surface area contributed by atoms with Crippen molar-refractivity contribution in [3.63, 3.8) is 0 Å². The van der Waals surface area contributed by atoms with Crippen LogP contribution in [0.1, 0.15) is 37.6 Å². The van der Waals surface area contributed by atoms with Gasteiger partial charge in [0, 0.05) is 12.1 Å². The molecule has 0 aromatic heterocycles. The van der Waals surface area contributed by atoms with Crippen molar-refractivity contribution in [3.8, 4) is 0 Å². The normalized spacial score (nSPS) is 19.3. The molecule has 1 aromatic carbocycles. The molecule has 0 saturated heterocycles.